The fraction of sp³-hybridized carbons (Fsp3) is 0.625. The summed E-state index contributed by atoms with van der Waals surface area (Å²) in [6.07, 6.45) is 0.865. The average Bonchev–Trinajstić information content (AvgIpc) is 2.21. The van der Waals surface area contributed by atoms with Crippen LogP contribution in [-0.2, 0) is 7.05 Å². The van der Waals surface area contributed by atoms with Crippen LogP contribution >= 0.6 is 11.8 Å². The molecule has 0 saturated carbocycles. The molecule has 1 aromatic heterocycles. The van der Waals surface area contributed by atoms with E-state index in [0.29, 0.717) is 10.9 Å². The molecular weight excluding hydrogens is 216 g/mol. The quantitative estimate of drug-likeness (QED) is 0.527. The summed E-state index contributed by atoms with van der Waals surface area (Å²) in [6, 6.07) is 0.0684. The number of aromatic nitrogens is 3. The van der Waals surface area contributed by atoms with Crippen molar-refractivity contribution in [2.24, 2.45) is 12.8 Å². The number of aromatic amines is 1. The maximum absolute atomic E-state index is 11.0. The van der Waals surface area contributed by atoms with Gasteiger partial charge < -0.3 is 5.73 Å². The maximum atomic E-state index is 11.0. The van der Waals surface area contributed by atoms with Gasteiger partial charge in [-0.05, 0) is 6.42 Å². The standard InChI is InChI=1S/C8H14N4O2S/c1-3-5(9)4-15-8-10-6(13)7(14)11-12(8)2/h5H,3-4,9H2,1-2H3,(H,11,14). The lowest BCUT2D eigenvalue weighted by atomic mass is 10.3. The SMILES string of the molecule is CCC(N)CSc1nc(=O)c(=O)[nH]n1C. The van der Waals surface area contributed by atoms with Gasteiger partial charge in [0.05, 0.1) is 0 Å². The van der Waals surface area contributed by atoms with Gasteiger partial charge in [-0.15, -0.1) is 0 Å². The molecule has 1 heterocycles. The summed E-state index contributed by atoms with van der Waals surface area (Å²) in [7, 11) is 1.63. The van der Waals surface area contributed by atoms with E-state index in [1.165, 1.54) is 16.4 Å². The number of nitrogens with zero attached hydrogens (tertiary/aromatic N) is 2. The molecule has 1 aromatic rings. The fourth-order valence-electron chi connectivity index (χ4n) is 0.889. The Morgan fingerprint density at radius 2 is 2.27 bits per heavy atom. The Balaban J connectivity index is 2.82. The summed E-state index contributed by atoms with van der Waals surface area (Å²) in [5.41, 5.74) is 4.26. The van der Waals surface area contributed by atoms with Gasteiger partial charge in [0, 0.05) is 18.8 Å². The molecule has 6 nitrogen and oxygen atoms in total. The second kappa shape index (κ2) is 5.13. The third kappa shape index (κ3) is 3.21. The highest BCUT2D eigenvalue weighted by atomic mass is 32.2. The Morgan fingerprint density at radius 1 is 1.60 bits per heavy atom. The van der Waals surface area contributed by atoms with E-state index in [1.54, 1.807) is 7.05 Å². The molecule has 0 fully saturated rings. The molecule has 0 bridgehead atoms. The van der Waals surface area contributed by atoms with Crippen LogP contribution < -0.4 is 16.9 Å². The van der Waals surface area contributed by atoms with E-state index in [1.807, 2.05) is 6.92 Å². The first-order valence-electron chi connectivity index (χ1n) is 4.60. The minimum Gasteiger partial charge on any atom is -0.327 e. The van der Waals surface area contributed by atoms with E-state index < -0.39 is 11.1 Å². The largest absolute Gasteiger partial charge is 0.339 e. The molecule has 0 radical (unpaired) electrons. The van der Waals surface area contributed by atoms with Crippen molar-refractivity contribution in [2.75, 3.05) is 5.75 Å². The zero-order valence-electron chi connectivity index (χ0n) is 8.69. The summed E-state index contributed by atoms with van der Waals surface area (Å²) < 4.78 is 1.43. The van der Waals surface area contributed by atoms with Crippen LogP contribution in [0.25, 0.3) is 0 Å². The fourth-order valence-corrected chi connectivity index (χ4v) is 1.87. The van der Waals surface area contributed by atoms with Crippen LogP contribution in [0, 0.1) is 0 Å². The van der Waals surface area contributed by atoms with Crippen LogP contribution in [0.5, 0.6) is 0 Å². The first-order valence-corrected chi connectivity index (χ1v) is 5.59. The van der Waals surface area contributed by atoms with Crippen molar-refractivity contribution in [1.82, 2.24) is 14.8 Å². The molecule has 0 amide bonds. The van der Waals surface area contributed by atoms with Crippen LogP contribution in [0.3, 0.4) is 0 Å². The number of aryl methyl sites for hydroxylation is 1. The van der Waals surface area contributed by atoms with Crippen LogP contribution in [-0.4, -0.2) is 26.6 Å². The topological polar surface area (TPSA) is 93.8 Å². The molecule has 1 atom stereocenters. The van der Waals surface area contributed by atoms with Crippen molar-refractivity contribution in [1.29, 1.82) is 0 Å². The first kappa shape index (κ1) is 12.0. The van der Waals surface area contributed by atoms with Crippen molar-refractivity contribution in [3.8, 4) is 0 Å². The molecule has 0 aliphatic heterocycles. The normalized spacial score (nSPS) is 12.7. The number of hydrogen-bond acceptors (Lipinski definition) is 5. The molecular formula is C8H14N4O2S. The second-order valence-electron chi connectivity index (χ2n) is 3.18. The molecule has 0 saturated heterocycles. The van der Waals surface area contributed by atoms with Crippen LogP contribution in [0.15, 0.2) is 14.7 Å². The summed E-state index contributed by atoms with van der Waals surface area (Å²) >= 11 is 1.36. The zero-order valence-corrected chi connectivity index (χ0v) is 9.50. The van der Waals surface area contributed by atoms with Crippen molar-refractivity contribution >= 4 is 11.8 Å². The molecule has 15 heavy (non-hydrogen) atoms. The molecule has 0 aliphatic carbocycles. The van der Waals surface area contributed by atoms with Crippen LogP contribution in [0.2, 0.25) is 0 Å². The van der Waals surface area contributed by atoms with Crippen LogP contribution in [0.4, 0.5) is 0 Å². The molecule has 0 aliphatic rings. The maximum Gasteiger partial charge on any atom is 0.339 e. The lowest BCUT2D eigenvalue weighted by molar-refractivity contribution is 0.595. The number of H-pyrrole nitrogens is 1. The zero-order chi connectivity index (χ0) is 11.4. The molecule has 1 unspecified atom stereocenters. The van der Waals surface area contributed by atoms with Gasteiger partial charge in [-0.2, -0.15) is 4.98 Å². The van der Waals surface area contributed by atoms with Gasteiger partial charge in [-0.3, -0.25) is 19.4 Å². The van der Waals surface area contributed by atoms with Gasteiger partial charge in [0.1, 0.15) is 0 Å². The molecule has 84 valence electrons. The number of rotatable bonds is 4. The highest BCUT2D eigenvalue weighted by Gasteiger charge is 2.06. The predicted molar refractivity (Wildman–Crippen MR) is 59.1 cm³/mol. The number of thioether (sulfide) groups is 1. The second-order valence-corrected chi connectivity index (χ2v) is 4.17. The van der Waals surface area contributed by atoms with Crippen molar-refractivity contribution in [2.45, 2.75) is 24.5 Å². The van der Waals surface area contributed by atoms with E-state index in [-0.39, 0.29) is 6.04 Å². The van der Waals surface area contributed by atoms with Gasteiger partial charge in [-0.25, -0.2) is 0 Å². The highest BCUT2D eigenvalue weighted by molar-refractivity contribution is 7.99. The lowest BCUT2D eigenvalue weighted by Crippen LogP contribution is -2.34. The lowest BCUT2D eigenvalue weighted by Gasteiger charge is -2.09. The van der Waals surface area contributed by atoms with Gasteiger partial charge in [0.2, 0.25) is 0 Å². The number of nitrogens with one attached hydrogen (secondary N) is 1. The highest BCUT2D eigenvalue weighted by Crippen LogP contribution is 2.12. The Bertz CT molecular complexity index is 439. The average molecular weight is 230 g/mol. The molecule has 7 heteroatoms. The van der Waals surface area contributed by atoms with E-state index in [2.05, 4.69) is 10.1 Å². The molecule has 1 rings (SSSR count). The van der Waals surface area contributed by atoms with Gasteiger partial charge >= 0.3 is 11.1 Å². The Labute approximate surface area is 90.9 Å². The van der Waals surface area contributed by atoms with Gasteiger partial charge in [-0.1, -0.05) is 18.7 Å². The summed E-state index contributed by atoms with van der Waals surface area (Å²) in [6.45, 7) is 1.99. The van der Waals surface area contributed by atoms with E-state index in [0.717, 1.165) is 6.42 Å². The summed E-state index contributed by atoms with van der Waals surface area (Å²) in [5.74, 6) is 0.669. The van der Waals surface area contributed by atoms with Gasteiger partial charge in [0.25, 0.3) is 0 Å². The van der Waals surface area contributed by atoms with Crippen molar-refractivity contribution < 1.29 is 0 Å². The smallest absolute Gasteiger partial charge is 0.327 e. The van der Waals surface area contributed by atoms with Crippen molar-refractivity contribution in [3.05, 3.63) is 20.7 Å². The predicted octanol–water partition coefficient (Wildman–Crippen LogP) is -0.702. The summed E-state index contributed by atoms with van der Waals surface area (Å²) in [4.78, 5) is 25.5. The third-order valence-corrected chi connectivity index (χ3v) is 3.12. The van der Waals surface area contributed by atoms with Crippen molar-refractivity contribution in [3.63, 3.8) is 0 Å². The van der Waals surface area contributed by atoms with Gasteiger partial charge in [0.15, 0.2) is 5.16 Å². The monoisotopic (exact) mass is 230 g/mol. The first-order chi connectivity index (χ1) is 7.04. The van der Waals surface area contributed by atoms with E-state index >= 15 is 0 Å². The number of hydrogen-bond donors (Lipinski definition) is 2. The number of nitrogens with two attached hydrogens (primary N) is 1. The minimum absolute atomic E-state index is 0.0684. The minimum atomic E-state index is -0.763. The molecule has 0 aromatic carbocycles. The summed E-state index contributed by atoms with van der Waals surface area (Å²) in [5, 5.41) is 2.85. The Morgan fingerprint density at radius 3 is 2.87 bits per heavy atom. The van der Waals surface area contributed by atoms with E-state index in [9.17, 15) is 9.59 Å². The Kier molecular flexibility index (Phi) is 4.10. The van der Waals surface area contributed by atoms with Crippen LogP contribution in [0.1, 0.15) is 13.3 Å². The molecule has 0 spiro atoms. The Hall–Kier alpha value is -1.08. The molecule has 3 N–H and O–H groups in total. The van der Waals surface area contributed by atoms with E-state index in [4.69, 9.17) is 5.73 Å². The third-order valence-electron chi connectivity index (χ3n) is 1.90.